The van der Waals surface area contributed by atoms with Crippen molar-refractivity contribution in [1.29, 1.82) is 0 Å². The summed E-state index contributed by atoms with van der Waals surface area (Å²) >= 11 is 5.72. The summed E-state index contributed by atoms with van der Waals surface area (Å²) in [6.07, 6.45) is 1.39. The summed E-state index contributed by atoms with van der Waals surface area (Å²) in [6.45, 7) is 0. The minimum Gasteiger partial charge on any atom is -0.490 e. The first kappa shape index (κ1) is 13.3. The minimum atomic E-state index is 0.305. The van der Waals surface area contributed by atoms with Gasteiger partial charge in [0.05, 0.1) is 7.11 Å². The molecule has 0 aliphatic heterocycles. The van der Waals surface area contributed by atoms with Gasteiger partial charge in [0, 0.05) is 13.7 Å². The van der Waals surface area contributed by atoms with Crippen LogP contribution in [0.3, 0.4) is 0 Å². The van der Waals surface area contributed by atoms with Gasteiger partial charge in [-0.1, -0.05) is 0 Å². The highest BCUT2D eigenvalue weighted by atomic mass is 127. The average Bonchev–Trinajstić information content (AvgIpc) is 2.34. The van der Waals surface area contributed by atoms with Crippen molar-refractivity contribution in [2.45, 2.75) is 0 Å². The summed E-state index contributed by atoms with van der Waals surface area (Å²) in [5.74, 6) is 1.28. The van der Waals surface area contributed by atoms with E-state index in [2.05, 4.69) is 53.8 Å². The second kappa shape index (κ2) is 5.70. The van der Waals surface area contributed by atoms with Crippen molar-refractivity contribution in [1.82, 2.24) is 9.97 Å². The minimum absolute atomic E-state index is 0.305. The number of rotatable bonds is 3. The lowest BCUT2D eigenvalue weighted by Gasteiger charge is -2.11. The number of methoxy groups -OCH3 is 1. The van der Waals surface area contributed by atoms with E-state index in [0.29, 0.717) is 17.4 Å². The maximum atomic E-state index is 5.71. The van der Waals surface area contributed by atoms with Gasteiger partial charge in [0.25, 0.3) is 0 Å². The number of nitrogens with zero attached hydrogens (tertiary/aromatic N) is 2. The number of nitrogen functional groups attached to an aromatic ring is 1. The molecule has 18 heavy (non-hydrogen) atoms. The van der Waals surface area contributed by atoms with Crippen molar-refractivity contribution in [3.63, 3.8) is 0 Å². The van der Waals surface area contributed by atoms with Crippen LogP contribution in [0.2, 0.25) is 0 Å². The first-order chi connectivity index (χ1) is 8.61. The zero-order valence-electron chi connectivity index (χ0n) is 9.45. The van der Waals surface area contributed by atoms with Gasteiger partial charge >= 0.3 is 0 Å². The molecule has 0 unspecified atom stereocenters. The average molecular weight is 421 g/mol. The smallest absolute Gasteiger partial charge is 0.204 e. The topological polar surface area (TPSA) is 73.1 Å². The number of hydrogen-bond acceptors (Lipinski definition) is 5. The number of benzene rings is 1. The molecule has 0 atom stereocenters. The summed E-state index contributed by atoms with van der Waals surface area (Å²) in [4.78, 5) is 7.99. The number of aromatic nitrogens is 2. The Morgan fingerprint density at radius 3 is 2.83 bits per heavy atom. The molecular formula is C11H10BrIN4O. The number of halogens is 2. The van der Waals surface area contributed by atoms with Crippen LogP contribution in [0, 0.1) is 3.57 Å². The van der Waals surface area contributed by atoms with Crippen LogP contribution in [0.15, 0.2) is 29.0 Å². The van der Waals surface area contributed by atoms with Crippen LogP contribution in [0.1, 0.15) is 0 Å². The van der Waals surface area contributed by atoms with Crippen LogP contribution < -0.4 is 15.8 Å². The van der Waals surface area contributed by atoms with Crippen LogP contribution >= 0.6 is 38.5 Å². The quantitative estimate of drug-likeness (QED) is 0.746. The number of nitrogens with two attached hydrogens (primary N) is 1. The van der Waals surface area contributed by atoms with Gasteiger partial charge < -0.3 is 15.8 Å². The predicted octanol–water partition coefficient (Wildman–Crippen LogP) is 3.18. The largest absolute Gasteiger partial charge is 0.490 e. The van der Waals surface area contributed by atoms with E-state index in [1.165, 1.54) is 13.4 Å². The summed E-state index contributed by atoms with van der Waals surface area (Å²) in [6, 6.07) is 5.90. The maximum Gasteiger partial charge on any atom is 0.204 e. The van der Waals surface area contributed by atoms with Crippen LogP contribution in [-0.2, 0) is 0 Å². The molecule has 0 fully saturated rings. The number of hydrogen-bond donors (Lipinski definition) is 2. The zero-order chi connectivity index (χ0) is 13.1. The third-order valence-electron chi connectivity index (χ3n) is 2.22. The van der Waals surface area contributed by atoms with Gasteiger partial charge in [0.2, 0.25) is 5.75 Å². The van der Waals surface area contributed by atoms with E-state index in [-0.39, 0.29) is 0 Å². The Morgan fingerprint density at radius 1 is 1.39 bits per heavy atom. The van der Waals surface area contributed by atoms with E-state index in [4.69, 9.17) is 10.5 Å². The lowest BCUT2D eigenvalue weighted by atomic mass is 10.3. The Morgan fingerprint density at radius 2 is 2.17 bits per heavy atom. The molecule has 5 nitrogen and oxygen atoms in total. The van der Waals surface area contributed by atoms with Crippen molar-refractivity contribution in [2.24, 2.45) is 0 Å². The Bertz CT molecular complexity index is 579. The summed E-state index contributed by atoms with van der Waals surface area (Å²) in [5.41, 5.74) is 6.60. The van der Waals surface area contributed by atoms with Crippen molar-refractivity contribution in [3.05, 3.63) is 32.6 Å². The van der Waals surface area contributed by atoms with Crippen molar-refractivity contribution < 1.29 is 4.74 Å². The molecule has 1 heterocycles. The fourth-order valence-electron chi connectivity index (χ4n) is 1.39. The molecule has 2 rings (SSSR count). The third kappa shape index (κ3) is 2.83. The molecular weight excluding hydrogens is 411 g/mol. The fraction of sp³-hybridized carbons (Fsp3) is 0.0909. The Balaban J connectivity index is 2.34. The van der Waals surface area contributed by atoms with E-state index in [1.807, 2.05) is 18.2 Å². The van der Waals surface area contributed by atoms with Crippen LogP contribution in [0.5, 0.6) is 5.75 Å². The molecule has 94 valence electrons. The summed E-state index contributed by atoms with van der Waals surface area (Å²) in [7, 11) is 1.53. The molecule has 0 spiro atoms. The second-order valence-corrected chi connectivity index (χ2v) is 5.41. The van der Waals surface area contributed by atoms with Gasteiger partial charge in [-0.05, 0) is 56.7 Å². The molecule has 2 aromatic rings. The summed E-state index contributed by atoms with van der Waals surface area (Å²) in [5, 5.41) is 3.14. The first-order valence-corrected chi connectivity index (χ1v) is 6.85. The highest BCUT2D eigenvalue weighted by Crippen LogP contribution is 2.30. The molecule has 0 radical (unpaired) electrons. The summed E-state index contributed by atoms with van der Waals surface area (Å²) < 4.78 is 7.32. The Hall–Kier alpha value is -1.09. The van der Waals surface area contributed by atoms with Gasteiger partial charge in [-0.3, -0.25) is 0 Å². The molecule has 3 N–H and O–H groups in total. The van der Waals surface area contributed by atoms with Gasteiger partial charge in [-0.2, -0.15) is 0 Å². The van der Waals surface area contributed by atoms with Gasteiger partial charge in [0.15, 0.2) is 11.6 Å². The molecule has 0 saturated carbocycles. The van der Waals surface area contributed by atoms with E-state index in [1.54, 1.807) is 0 Å². The molecule has 1 aromatic carbocycles. The maximum absolute atomic E-state index is 5.71. The monoisotopic (exact) mass is 420 g/mol. The number of nitrogens with one attached hydrogen (secondary N) is 1. The lowest BCUT2D eigenvalue weighted by molar-refractivity contribution is 0.415. The van der Waals surface area contributed by atoms with Crippen LogP contribution in [-0.4, -0.2) is 17.1 Å². The molecule has 7 heteroatoms. The fourth-order valence-corrected chi connectivity index (χ4v) is 2.10. The molecule has 0 saturated heterocycles. The second-order valence-electron chi connectivity index (χ2n) is 3.39. The van der Waals surface area contributed by atoms with Crippen molar-refractivity contribution >= 4 is 55.8 Å². The Kier molecular flexibility index (Phi) is 4.23. The van der Waals surface area contributed by atoms with Gasteiger partial charge in [-0.25, -0.2) is 9.97 Å². The van der Waals surface area contributed by atoms with Gasteiger partial charge in [-0.15, -0.1) is 0 Å². The molecule has 0 bridgehead atoms. The third-order valence-corrected chi connectivity index (χ3v) is 4.56. The normalized spacial score (nSPS) is 10.2. The molecule has 1 aromatic heterocycles. The van der Waals surface area contributed by atoms with E-state index < -0.39 is 0 Å². The first-order valence-electron chi connectivity index (χ1n) is 4.98. The SMILES string of the molecule is COc1c(N)ncnc1Nc1ccc(I)c(Br)c1. The van der Waals surface area contributed by atoms with E-state index in [9.17, 15) is 0 Å². The number of anilines is 3. The number of ether oxygens (including phenoxy) is 1. The highest BCUT2D eigenvalue weighted by molar-refractivity contribution is 14.1. The predicted molar refractivity (Wildman–Crippen MR) is 83.1 cm³/mol. The zero-order valence-corrected chi connectivity index (χ0v) is 13.2. The van der Waals surface area contributed by atoms with Crippen molar-refractivity contribution in [3.8, 4) is 5.75 Å². The van der Waals surface area contributed by atoms with E-state index in [0.717, 1.165) is 13.7 Å². The molecule has 0 aliphatic carbocycles. The van der Waals surface area contributed by atoms with E-state index >= 15 is 0 Å². The van der Waals surface area contributed by atoms with Gasteiger partial charge in [0.1, 0.15) is 6.33 Å². The molecule has 0 aliphatic rings. The highest BCUT2D eigenvalue weighted by Gasteiger charge is 2.10. The standard InChI is InChI=1S/C11H10BrIN4O/c1-18-9-10(14)15-5-16-11(9)17-6-2-3-8(13)7(12)4-6/h2-5H,1H3,(H3,14,15,16,17). The lowest BCUT2D eigenvalue weighted by Crippen LogP contribution is -2.02. The van der Waals surface area contributed by atoms with Crippen LogP contribution in [0.25, 0.3) is 0 Å². The van der Waals surface area contributed by atoms with Crippen molar-refractivity contribution in [2.75, 3.05) is 18.2 Å². The molecule has 0 amide bonds. The van der Waals surface area contributed by atoms with Crippen LogP contribution in [0.4, 0.5) is 17.3 Å². The Labute approximate surface area is 126 Å².